The molecule has 0 unspecified atom stereocenters. The summed E-state index contributed by atoms with van der Waals surface area (Å²) < 4.78 is 5.28. The molecule has 0 atom stereocenters. The Bertz CT molecular complexity index is 406. The molecule has 0 aliphatic carbocycles. The summed E-state index contributed by atoms with van der Waals surface area (Å²) in [5, 5.41) is 1.06. The second-order valence-electron chi connectivity index (χ2n) is 3.37. The molecule has 0 bridgehead atoms. The van der Waals surface area contributed by atoms with Crippen LogP contribution in [0.15, 0.2) is 29.0 Å². The monoisotopic (exact) mass is 176 g/mol. The molecule has 2 aromatic rings. The molecule has 2 rings (SSSR count). The predicted molar refractivity (Wildman–Crippen MR) is 51.4 cm³/mol. The van der Waals surface area contributed by atoms with Gasteiger partial charge >= 0.3 is 0 Å². The Morgan fingerprint density at radius 1 is 1.46 bits per heavy atom. The Balaban J connectivity index is 2.37. The van der Waals surface area contributed by atoms with Crippen molar-refractivity contribution >= 4 is 11.0 Å². The largest absolute Gasteiger partial charge is 0.464 e. The fourth-order valence-electron chi connectivity index (χ4n) is 1.31. The summed E-state index contributed by atoms with van der Waals surface area (Å²) in [7, 11) is 4.04. The van der Waals surface area contributed by atoms with Crippen molar-refractivity contribution < 1.29 is 4.42 Å². The molecule has 2 heterocycles. The van der Waals surface area contributed by atoms with Crippen LogP contribution in [0.4, 0.5) is 0 Å². The van der Waals surface area contributed by atoms with Crippen LogP contribution in [0.2, 0.25) is 0 Å². The van der Waals surface area contributed by atoms with Gasteiger partial charge in [0.15, 0.2) is 0 Å². The van der Waals surface area contributed by atoms with Crippen LogP contribution >= 0.6 is 0 Å². The van der Waals surface area contributed by atoms with Gasteiger partial charge in [-0.15, -0.1) is 0 Å². The van der Waals surface area contributed by atoms with Crippen LogP contribution in [0.3, 0.4) is 0 Å². The van der Waals surface area contributed by atoms with E-state index in [1.807, 2.05) is 32.4 Å². The van der Waals surface area contributed by atoms with Gasteiger partial charge in [0.1, 0.15) is 5.58 Å². The highest BCUT2D eigenvalue weighted by atomic mass is 16.3. The number of furan rings is 1. The Hall–Kier alpha value is -1.35. The molecule has 0 aliphatic heterocycles. The van der Waals surface area contributed by atoms with Gasteiger partial charge in [-0.25, -0.2) is 0 Å². The number of nitrogens with zero attached hydrogens (tertiary/aromatic N) is 2. The second kappa shape index (κ2) is 3.18. The fraction of sp³-hybridized carbons (Fsp3) is 0.300. The van der Waals surface area contributed by atoms with E-state index in [9.17, 15) is 0 Å². The van der Waals surface area contributed by atoms with Crippen LogP contribution < -0.4 is 0 Å². The summed E-state index contributed by atoms with van der Waals surface area (Å²) in [6, 6.07) is 3.90. The first-order chi connectivity index (χ1) is 6.25. The minimum absolute atomic E-state index is 0.844. The number of hydrogen-bond acceptors (Lipinski definition) is 3. The first kappa shape index (κ1) is 8.26. The molecule has 13 heavy (non-hydrogen) atoms. The van der Waals surface area contributed by atoms with Crippen LogP contribution in [0.1, 0.15) is 5.69 Å². The zero-order valence-corrected chi connectivity index (χ0v) is 7.82. The molecule has 0 fully saturated rings. The lowest BCUT2D eigenvalue weighted by Gasteiger charge is -2.07. The molecule has 68 valence electrons. The molecular weight excluding hydrogens is 164 g/mol. The van der Waals surface area contributed by atoms with Gasteiger partial charge in [-0.05, 0) is 20.2 Å². The van der Waals surface area contributed by atoms with Crippen LogP contribution in [-0.2, 0) is 6.54 Å². The summed E-state index contributed by atoms with van der Waals surface area (Å²) in [6.45, 7) is 0.844. The summed E-state index contributed by atoms with van der Waals surface area (Å²) >= 11 is 0. The van der Waals surface area contributed by atoms with Crippen molar-refractivity contribution in [3.63, 3.8) is 0 Å². The van der Waals surface area contributed by atoms with Crippen molar-refractivity contribution in [2.45, 2.75) is 6.54 Å². The summed E-state index contributed by atoms with van der Waals surface area (Å²) in [6.07, 6.45) is 3.53. The van der Waals surface area contributed by atoms with Gasteiger partial charge in [0.05, 0.1) is 12.0 Å². The molecule has 3 nitrogen and oxygen atoms in total. The number of aromatic nitrogens is 1. The van der Waals surface area contributed by atoms with Gasteiger partial charge in [0.2, 0.25) is 0 Å². The van der Waals surface area contributed by atoms with Crippen molar-refractivity contribution in [2.24, 2.45) is 0 Å². The smallest absolute Gasteiger partial charge is 0.137 e. The van der Waals surface area contributed by atoms with E-state index in [1.54, 1.807) is 6.26 Å². The average molecular weight is 176 g/mol. The van der Waals surface area contributed by atoms with Crippen LogP contribution in [-0.4, -0.2) is 24.0 Å². The van der Waals surface area contributed by atoms with Crippen LogP contribution in [0, 0.1) is 0 Å². The summed E-state index contributed by atoms with van der Waals surface area (Å²) in [5.41, 5.74) is 1.94. The van der Waals surface area contributed by atoms with Crippen LogP contribution in [0.5, 0.6) is 0 Å². The number of hydrogen-bond donors (Lipinski definition) is 0. The molecule has 0 aromatic carbocycles. The van der Waals surface area contributed by atoms with E-state index in [1.165, 1.54) is 0 Å². The van der Waals surface area contributed by atoms with E-state index in [0.29, 0.717) is 0 Å². The minimum Gasteiger partial charge on any atom is -0.464 e. The van der Waals surface area contributed by atoms with Gasteiger partial charge in [0, 0.05) is 24.2 Å². The van der Waals surface area contributed by atoms with Gasteiger partial charge in [-0.2, -0.15) is 0 Å². The third-order valence-electron chi connectivity index (χ3n) is 1.87. The molecule has 2 aromatic heterocycles. The summed E-state index contributed by atoms with van der Waals surface area (Å²) in [4.78, 5) is 6.40. The van der Waals surface area contributed by atoms with Crippen molar-refractivity contribution in [2.75, 3.05) is 14.1 Å². The highest BCUT2D eigenvalue weighted by Crippen LogP contribution is 2.15. The highest BCUT2D eigenvalue weighted by molar-refractivity contribution is 5.75. The Kier molecular flexibility index (Phi) is 2.02. The molecule has 0 aliphatic rings. The lowest BCUT2D eigenvalue weighted by molar-refractivity contribution is 0.397. The van der Waals surface area contributed by atoms with Gasteiger partial charge < -0.3 is 9.32 Å². The topological polar surface area (TPSA) is 29.3 Å². The molecule has 0 spiro atoms. The van der Waals surface area contributed by atoms with Crippen molar-refractivity contribution in [3.05, 3.63) is 30.3 Å². The zero-order chi connectivity index (χ0) is 9.26. The van der Waals surface area contributed by atoms with E-state index < -0.39 is 0 Å². The van der Waals surface area contributed by atoms with Crippen LogP contribution in [0.25, 0.3) is 11.0 Å². The number of pyridine rings is 1. The third kappa shape index (κ3) is 1.70. The molecule has 0 radical (unpaired) electrons. The lowest BCUT2D eigenvalue weighted by Crippen LogP contribution is -2.11. The quantitative estimate of drug-likeness (QED) is 0.699. The third-order valence-corrected chi connectivity index (χ3v) is 1.87. The average Bonchev–Trinajstić information content (AvgIpc) is 2.49. The number of fused-ring (bicyclic) bond motifs is 1. The normalized spacial score (nSPS) is 11.3. The van der Waals surface area contributed by atoms with Crippen molar-refractivity contribution in [1.82, 2.24) is 9.88 Å². The van der Waals surface area contributed by atoms with E-state index in [-0.39, 0.29) is 0 Å². The van der Waals surface area contributed by atoms with E-state index in [2.05, 4.69) is 9.88 Å². The number of rotatable bonds is 2. The van der Waals surface area contributed by atoms with Crippen molar-refractivity contribution in [1.29, 1.82) is 0 Å². The van der Waals surface area contributed by atoms with Gasteiger partial charge in [-0.1, -0.05) is 0 Å². The Morgan fingerprint density at radius 2 is 2.31 bits per heavy atom. The zero-order valence-electron chi connectivity index (χ0n) is 7.82. The fourth-order valence-corrected chi connectivity index (χ4v) is 1.31. The highest BCUT2D eigenvalue weighted by Gasteiger charge is 2.00. The predicted octanol–water partition coefficient (Wildman–Crippen LogP) is 1.89. The maximum absolute atomic E-state index is 5.28. The molecule has 3 heteroatoms. The van der Waals surface area contributed by atoms with E-state index in [4.69, 9.17) is 4.42 Å². The maximum Gasteiger partial charge on any atom is 0.137 e. The standard InChI is InChI=1S/C10H12N2O/c1-12(2)7-9-5-10-8(6-11-9)3-4-13-10/h3-6H,7H2,1-2H3. The molecule has 0 saturated carbocycles. The molecule has 0 saturated heterocycles. The van der Waals surface area contributed by atoms with E-state index in [0.717, 1.165) is 23.2 Å². The maximum atomic E-state index is 5.28. The minimum atomic E-state index is 0.844. The summed E-state index contributed by atoms with van der Waals surface area (Å²) in [5.74, 6) is 0. The SMILES string of the molecule is CN(C)Cc1cc2occc2cn1. The molecule has 0 N–H and O–H groups in total. The van der Waals surface area contributed by atoms with Gasteiger partial charge in [-0.3, -0.25) is 4.98 Å². The Labute approximate surface area is 77.0 Å². The van der Waals surface area contributed by atoms with Crippen molar-refractivity contribution in [3.8, 4) is 0 Å². The Morgan fingerprint density at radius 3 is 3.08 bits per heavy atom. The van der Waals surface area contributed by atoms with E-state index >= 15 is 0 Å². The first-order valence-electron chi connectivity index (χ1n) is 4.22. The molecular formula is C10H12N2O. The van der Waals surface area contributed by atoms with Gasteiger partial charge in [0.25, 0.3) is 0 Å². The second-order valence-corrected chi connectivity index (χ2v) is 3.37. The lowest BCUT2D eigenvalue weighted by atomic mass is 10.3. The first-order valence-corrected chi connectivity index (χ1v) is 4.22. The molecule has 0 amide bonds.